The van der Waals surface area contributed by atoms with Gasteiger partial charge in [-0.15, -0.1) is 0 Å². The molecule has 0 amide bonds. The molecule has 0 aliphatic rings. The number of ether oxygens (including phenoxy) is 2. The number of nitrogens with zero attached hydrogens (tertiary/aromatic N) is 3. The number of aryl methyl sites for hydroxylation is 1. The van der Waals surface area contributed by atoms with E-state index in [9.17, 15) is 9.18 Å². The number of rotatable bonds is 6. The Morgan fingerprint density at radius 3 is 2.67 bits per heavy atom. The highest BCUT2D eigenvalue weighted by Crippen LogP contribution is 2.35. The van der Waals surface area contributed by atoms with E-state index in [2.05, 4.69) is 41.9 Å². The molecular formula is C24H18Br2FN3O3. The summed E-state index contributed by atoms with van der Waals surface area (Å²) in [7, 11) is 1.51. The zero-order valence-corrected chi connectivity index (χ0v) is 20.9. The zero-order chi connectivity index (χ0) is 23.5. The second-order valence-corrected chi connectivity index (χ2v) is 8.92. The molecule has 4 aromatic rings. The number of aromatic nitrogens is 2. The van der Waals surface area contributed by atoms with Gasteiger partial charge in [0.25, 0.3) is 5.56 Å². The summed E-state index contributed by atoms with van der Waals surface area (Å²) in [5.74, 6) is 0.878. The van der Waals surface area contributed by atoms with Crippen LogP contribution in [0.25, 0.3) is 10.9 Å². The van der Waals surface area contributed by atoms with Gasteiger partial charge in [-0.3, -0.25) is 4.79 Å². The van der Waals surface area contributed by atoms with E-state index in [4.69, 9.17) is 9.47 Å². The largest absolute Gasteiger partial charge is 0.493 e. The lowest BCUT2D eigenvalue weighted by Crippen LogP contribution is -2.20. The van der Waals surface area contributed by atoms with Gasteiger partial charge in [0, 0.05) is 20.1 Å². The van der Waals surface area contributed by atoms with E-state index in [-0.39, 0.29) is 18.0 Å². The van der Waals surface area contributed by atoms with Gasteiger partial charge in [-0.2, -0.15) is 9.78 Å². The summed E-state index contributed by atoms with van der Waals surface area (Å²) in [6.07, 6.45) is 1.49. The van der Waals surface area contributed by atoms with Crippen molar-refractivity contribution in [1.29, 1.82) is 0 Å². The van der Waals surface area contributed by atoms with Crippen molar-refractivity contribution in [2.45, 2.75) is 13.5 Å². The van der Waals surface area contributed by atoms with E-state index in [0.29, 0.717) is 39.4 Å². The summed E-state index contributed by atoms with van der Waals surface area (Å²) in [6.45, 7) is 1.70. The number of hydrogen-bond acceptors (Lipinski definition) is 5. The fraction of sp³-hybridized carbons (Fsp3) is 0.125. The Kier molecular flexibility index (Phi) is 6.90. The molecule has 4 rings (SSSR count). The molecule has 1 heterocycles. The van der Waals surface area contributed by atoms with Crippen molar-refractivity contribution >= 4 is 49.0 Å². The summed E-state index contributed by atoms with van der Waals surface area (Å²) in [5.41, 5.74) is 1.23. The molecule has 0 atom stereocenters. The third-order valence-electron chi connectivity index (χ3n) is 4.88. The maximum atomic E-state index is 14.1. The van der Waals surface area contributed by atoms with Crippen LogP contribution >= 0.6 is 31.9 Å². The van der Waals surface area contributed by atoms with E-state index >= 15 is 0 Å². The number of halogens is 3. The van der Waals surface area contributed by atoms with Crippen molar-refractivity contribution < 1.29 is 13.9 Å². The van der Waals surface area contributed by atoms with Gasteiger partial charge in [0.1, 0.15) is 18.2 Å². The number of hydrogen-bond donors (Lipinski definition) is 0. The Hall–Kier alpha value is -3.04. The van der Waals surface area contributed by atoms with E-state index < -0.39 is 0 Å². The van der Waals surface area contributed by atoms with E-state index in [1.807, 2.05) is 6.07 Å². The van der Waals surface area contributed by atoms with Crippen LogP contribution in [0.15, 0.2) is 73.4 Å². The van der Waals surface area contributed by atoms with Crippen LogP contribution in [-0.4, -0.2) is 23.0 Å². The predicted molar refractivity (Wildman–Crippen MR) is 133 cm³/mol. The predicted octanol–water partition coefficient (Wildman–Crippen LogP) is 5.84. The highest BCUT2D eigenvalue weighted by Gasteiger charge is 2.14. The monoisotopic (exact) mass is 573 g/mol. The normalized spacial score (nSPS) is 11.3. The highest BCUT2D eigenvalue weighted by molar-refractivity contribution is 9.10. The number of methoxy groups -OCH3 is 1. The molecule has 33 heavy (non-hydrogen) atoms. The molecule has 0 radical (unpaired) electrons. The van der Waals surface area contributed by atoms with Gasteiger partial charge in [-0.05, 0) is 43.3 Å². The average Bonchev–Trinajstić information content (AvgIpc) is 2.79. The topological polar surface area (TPSA) is 65.7 Å². The summed E-state index contributed by atoms with van der Waals surface area (Å²) in [6, 6.07) is 15.2. The molecule has 6 nitrogen and oxygen atoms in total. The molecule has 9 heteroatoms. The van der Waals surface area contributed by atoms with Gasteiger partial charge >= 0.3 is 0 Å². The van der Waals surface area contributed by atoms with Gasteiger partial charge in [0.2, 0.25) is 0 Å². The molecule has 0 spiro atoms. The minimum Gasteiger partial charge on any atom is -0.493 e. The first-order valence-corrected chi connectivity index (χ1v) is 11.4. The van der Waals surface area contributed by atoms with Crippen LogP contribution < -0.4 is 15.0 Å². The minimum atomic E-state index is -0.362. The molecule has 0 fully saturated rings. The maximum absolute atomic E-state index is 14.1. The zero-order valence-electron chi connectivity index (χ0n) is 17.7. The molecule has 0 saturated heterocycles. The van der Waals surface area contributed by atoms with Crippen molar-refractivity contribution in [1.82, 2.24) is 9.66 Å². The van der Waals surface area contributed by atoms with Gasteiger partial charge in [0.15, 0.2) is 11.5 Å². The van der Waals surface area contributed by atoms with Crippen LogP contribution in [-0.2, 0) is 6.61 Å². The minimum absolute atomic E-state index is 0.00393. The van der Waals surface area contributed by atoms with Crippen molar-refractivity contribution in [3.63, 3.8) is 0 Å². The molecule has 168 valence electrons. The molecular weight excluding hydrogens is 557 g/mol. The second-order valence-electron chi connectivity index (χ2n) is 7.09. The van der Waals surface area contributed by atoms with E-state index in [0.717, 1.165) is 8.95 Å². The first-order valence-electron chi connectivity index (χ1n) is 9.84. The van der Waals surface area contributed by atoms with Crippen molar-refractivity contribution in [3.8, 4) is 11.5 Å². The Morgan fingerprint density at radius 1 is 1.12 bits per heavy atom. The van der Waals surface area contributed by atoms with Gasteiger partial charge in [0.05, 0.1) is 24.2 Å². The molecule has 0 N–H and O–H groups in total. The summed E-state index contributed by atoms with van der Waals surface area (Å²) in [4.78, 5) is 17.5. The lowest BCUT2D eigenvalue weighted by molar-refractivity contribution is 0.279. The summed E-state index contributed by atoms with van der Waals surface area (Å²) >= 11 is 6.83. The highest BCUT2D eigenvalue weighted by atomic mass is 79.9. The smallest absolute Gasteiger partial charge is 0.282 e. The maximum Gasteiger partial charge on any atom is 0.282 e. The van der Waals surface area contributed by atoms with Crippen LogP contribution in [0.1, 0.15) is 17.0 Å². The van der Waals surface area contributed by atoms with Crippen LogP contribution in [0.2, 0.25) is 0 Å². The molecule has 0 aliphatic carbocycles. The van der Waals surface area contributed by atoms with Crippen LogP contribution in [0.5, 0.6) is 11.5 Å². The molecule has 1 aromatic heterocycles. The quantitative estimate of drug-likeness (QED) is 0.271. The third kappa shape index (κ3) is 4.99. The molecule has 0 aliphatic heterocycles. The summed E-state index contributed by atoms with van der Waals surface area (Å²) < 4.78 is 28.2. The molecule has 0 unspecified atom stereocenters. The lowest BCUT2D eigenvalue weighted by Gasteiger charge is -2.14. The fourth-order valence-corrected chi connectivity index (χ4v) is 4.09. The van der Waals surface area contributed by atoms with Crippen LogP contribution in [0, 0.1) is 12.7 Å². The number of fused-ring (bicyclic) bond motifs is 1. The Morgan fingerprint density at radius 2 is 1.91 bits per heavy atom. The van der Waals surface area contributed by atoms with E-state index in [1.165, 1.54) is 24.1 Å². The third-order valence-corrected chi connectivity index (χ3v) is 5.83. The van der Waals surface area contributed by atoms with E-state index in [1.54, 1.807) is 49.4 Å². The Balaban J connectivity index is 1.76. The fourth-order valence-electron chi connectivity index (χ4n) is 3.27. The van der Waals surface area contributed by atoms with Crippen molar-refractivity contribution in [2.24, 2.45) is 5.10 Å². The first-order chi connectivity index (χ1) is 15.9. The number of benzene rings is 3. The summed E-state index contributed by atoms with van der Waals surface area (Å²) in [5, 5.41) is 4.82. The van der Waals surface area contributed by atoms with Crippen molar-refractivity contribution in [2.75, 3.05) is 7.11 Å². The van der Waals surface area contributed by atoms with Gasteiger partial charge < -0.3 is 9.47 Å². The van der Waals surface area contributed by atoms with Crippen LogP contribution in [0.4, 0.5) is 4.39 Å². The Labute approximate surface area is 205 Å². The standard InChI is InChI=1S/C24H18Br2FN3O3/c1-14-29-21-8-7-17(25)10-19(21)24(31)30(14)28-12-16-9-18(26)11-22(32-2)23(16)33-13-15-5-3-4-6-20(15)27/h3-12H,13H2,1-2H3. The average molecular weight is 575 g/mol. The van der Waals surface area contributed by atoms with Crippen LogP contribution in [0.3, 0.4) is 0 Å². The van der Waals surface area contributed by atoms with Gasteiger partial charge in [-0.1, -0.05) is 50.1 Å². The lowest BCUT2D eigenvalue weighted by atomic mass is 10.2. The van der Waals surface area contributed by atoms with Crippen molar-refractivity contribution in [3.05, 3.63) is 96.7 Å². The molecule has 0 bridgehead atoms. The first kappa shape index (κ1) is 23.1. The van der Waals surface area contributed by atoms with Gasteiger partial charge in [-0.25, -0.2) is 9.37 Å². The second kappa shape index (κ2) is 9.84. The molecule has 3 aromatic carbocycles. The Bertz CT molecular complexity index is 1440. The SMILES string of the molecule is COc1cc(Br)cc(C=Nn2c(C)nc3ccc(Br)cc3c2=O)c1OCc1ccccc1F. The molecule has 0 saturated carbocycles.